The van der Waals surface area contributed by atoms with Crippen LogP contribution in [0.2, 0.25) is 0 Å². The first-order valence-corrected chi connectivity index (χ1v) is 7.70. The van der Waals surface area contributed by atoms with Gasteiger partial charge in [0.15, 0.2) is 0 Å². The highest BCUT2D eigenvalue weighted by Gasteiger charge is 2.27. The van der Waals surface area contributed by atoms with Crippen molar-refractivity contribution in [3.05, 3.63) is 42.1 Å². The van der Waals surface area contributed by atoms with E-state index in [2.05, 4.69) is 54.5 Å². The van der Waals surface area contributed by atoms with Gasteiger partial charge in [-0.15, -0.1) is 0 Å². The fourth-order valence-corrected chi connectivity index (χ4v) is 3.44. The Morgan fingerprint density at radius 1 is 1.25 bits per heavy atom. The Bertz CT molecular complexity index is 583. The first-order valence-electron chi connectivity index (χ1n) is 7.70. The van der Waals surface area contributed by atoms with Crippen molar-refractivity contribution >= 4 is 10.9 Å². The molecule has 1 atom stereocenters. The number of hydrogen-bond acceptors (Lipinski definition) is 2. The smallest absolute Gasteiger partial charge is 0.0705 e. The zero-order valence-corrected chi connectivity index (χ0v) is 12.5. The fraction of sp³-hybridized carbons (Fsp3) is 0.500. The maximum absolute atomic E-state index is 4.43. The van der Waals surface area contributed by atoms with Crippen LogP contribution in [0.1, 0.15) is 45.1 Å². The summed E-state index contributed by atoms with van der Waals surface area (Å²) in [4.78, 5) is 4.43. The van der Waals surface area contributed by atoms with Crippen LogP contribution in [0.4, 0.5) is 0 Å². The molecule has 1 aliphatic rings. The Morgan fingerprint density at radius 3 is 2.95 bits per heavy atom. The number of nitrogens with one attached hydrogen (secondary N) is 1. The van der Waals surface area contributed by atoms with Gasteiger partial charge in [-0.25, -0.2) is 0 Å². The molecule has 106 valence electrons. The summed E-state index contributed by atoms with van der Waals surface area (Å²) in [6.45, 7) is 5.73. The topological polar surface area (TPSA) is 24.9 Å². The standard InChI is InChI=1S/C18H24N2/c1-18(2)10-5-6-15(12-18)20-13-14-9-11-19-17-8-4-3-7-16(14)17/h3-4,7-9,11,15,20H,5-6,10,12-13H2,1-2H3. The summed E-state index contributed by atoms with van der Waals surface area (Å²) in [5.74, 6) is 0. The summed E-state index contributed by atoms with van der Waals surface area (Å²) >= 11 is 0. The van der Waals surface area contributed by atoms with Crippen LogP contribution in [0, 0.1) is 5.41 Å². The van der Waals surface area contributed by atoms with Crippen molar-refractivity contribution in [2.24, 2.45) is 5.41 Å². The number of hydrogen-bond donors (Lipinski definition) is 1. The number of fused-ring (bicyclic) bond motifs is 1. The molecule has 0 amide bonds. The molecule has 1 aromatic carbocycles. The Kier molecular flexibility index (Phi) is 3.75. The first-order chi connectivity index (χ1) is 9.64. The van der Waals surface area contributed by atoms with Crippen molar-refractivity contribution in [2.75, 3.05) is 0 Å². The van der Waals surface area contributed by atoms with Gasteiger partial charge in [-0.2, -0.15) is 0 Å². The van der Waals surface area contributed by atoms with Gasteiger partial charge in [0, 0.05) is 24.2 Å². The molecule has 0 spiro atoms. The predicted molar refractivity (Wildman–Crippen MR) is 84.6 cm³/mol. The van der Waals surface area contributed by atoms with Crippen LogP contribution in [-0.2, 0) is 6.54 Å². The normalized spacial score (nSPS) is 22.0. The van der Waals surface area contributed by atoms with Crippen molar-refractivity contribution in [3.8, 4) is 0 Å². The lowest BCUT2D eigenvalue weighted by Gasteiger charge is -2.35. The zero-order valence-electron chi connectivity index (χ0n) is 12.5. The van der Waals surface area contributed by atoms with Crippen LogP contribution in [0.5, 0.6) is 0 Å². The molecule has 0 radical (unpaired) electrons. The molecule has 0 bridgehead atoms. The summed E-state index contributed by atoms with van der Waals surface area (Å²) in [7, 11) is 0. The minimum atomic E-state index is 0.496. The fourth-order valence-electron chi connectivity index (χ4n) is 3.44. The highest BCUT2D eigenvalue weighted by atomic mass is 14.9. The molecular formula is C18H24N2. The summed E-state index contributed by atoms with van der Waals surface area (Å²) in [5, 5.41) is 5.03. The first kappa shape index (κ1) is 13.6. The molecule has 3 rings (SSSR count). The molecule has 20 heavy (non-hydrogen) atoms. The molecule has 2 heteroatoms. The molecule has 2 nitrogen and oxygen atoms in total. The van der Waals surface area contributed by atoms with Crippen molar-refractivity contribution in [2.45, 2.75) is 52.1 Å². The summed E-state index contributed by atoms with van der Waals surface area (Å²) in [5.41, 5.74) is 2.95. The molecule has 0 saturated heterocycles. The maximum Gasteiger partial charge on any atom is 0.0705 e. The number of nitrogens with zero attached hydrogens (tertiary/aromatic N) is 1. The third kappa shape index (κ3) is 3.01. The number of pyridine rings is 1. The monoisotopic (exact) mass is 268 g/mol. The molecular weight excluding hydrogens is 244 g/mol. The second kappa shape index (κ2) is 5.53. The minimum Gasteiger partial charge on any atom is -0.310 e. The number of aromatic nitrogens is 1. The van der Waals surface area contributed by atoms with Gasteiger partial charge in [-0.3, -0.25) is 4.98 Å². The van der Waals surface area contributed by atoms with Crippen LogP contribution in [0.25, 0.3) is 10.9 Å². The van der Waals surface area contributed by atoms with Crippen LogP contribution >= 0.6 is 0 Å². The highest BCUT2D eigenvalue weighted by molar-refractivity contribution is 5.81. The molecule has 1 aliphatic carbocycles. The van der Waals surface area contributed by atoms with Crippen LogP contribution < -0.4 is 5.32 Å². The van der Waals surface area contributed by atoms with E-state index in [9.17, 15) is 0 Å². The Morgan fingerprint density at radius 2 is 2.10 bits per heavy atom. The molecule has 1 saturated carbocycles. The number of rotatable bonds is 3. The van der Waals surface area contributed by atoms with Gasteiger partial charge in [-0.05, 0) is 42.4 Å². The van der Waals surface area contributed by atoms with Gasteiger partial charge in [0.25, 0.3) is 0 Å². The van der Waals surface area contributed by atoms with Gasteiger partial charge in [0.1, 0.15) is 0 Å². The van der Waals surface area contributed by atoms with E-state index < -0.39 is 0 Å². The Hall–Kier alpha value is -1.41. The summed E-state index contributed by atoms with van der Waals surface area (Å²) in [6.07, 6.45) is 7.23. The second-order valence-electron chi connectivity index (χ2n) is 6.83. The third-order valence-corrected chi connectivity index (χ3v) is 4.53. The van der Waals surface area contributed by atoms with Gasteiger partial charge in [0.2, 0.25) is 0 Å². The van der Waals surface area contributed by atoms with E-state index in [0.717, 1.165) is 12.1 Å². The molecule has 2 aromatic rings. The minimum absolute atomic E-state index is 0.496. The van der Waals surface area contributed by atoms with Gasteiger partial charge in [0.05, 0.1) is 5.52 Å². The molecule has 0 aliphatic heterocycles. The lowest BCUT2D eigenvalue weighted by Crippen LogP contribution is -2.36. The van der Waals surface area contributed by atoms with Crippen molar-refractivity contribution in [1.82, 2.24) is 10.3 Å². The number of benzene rings is 1. The van der Waals surface area contributed by atoms with E-state index in [1.165, 1.54) is 36.6 Å². The van der Waals surface area contributed by atoms with Gasteiger partial charge < -0.3 is 5.32 Å². The summed E-state index contributed by atoms with van der Waals surface area (Å²) in [6, 6.07) is 11.2. The van der Waals surface area contributed by atoms with E-state index in [0.29, 0.717) is 11.5 Å². The van der Waals surface area contributed by atoms with Crippen molar-refractivity contribution in [3.63, 3.8) is 0 Å². The zero-order chi connectivity index (χ0) is 14.0. The second-order valence-corrected chi connectivity index (χ2v) is 6.83. The molecule has 1 fully saturated rings. The van der Waals surface area contributed by atoms with E-state index in [1.54, 1.807) is 0 Å². The molecule has 1 heterocycles. The summed E-state index contributed by atoms with van der Waals surface area (Å²) < 4.78 is 0. The average Bonchev–Trinajstić information content (AvgIpc) is 2.44. The van der Waals surface area contributed by atoms with Crippen LogP contribution in [0.3, 0.4) is 0 Å². The van der Waals surface area contributed by atoms with E-state index in [1.807, 2.05) is 6.20 Å². The molecule has 1 aromatic heterocycles. The molecule has 1 N–H and O–H groups in total. The van der Waals surface area contributed by atoms with E-state index in [4.69, 9.17) is 0 Å². The lowest BCUT2D eigenvalue weighted by molar-refractivity contribution is 0.198. The van der Waals surface area contributed by atoms with E-state index >= 15 is 0 Å². The van der Waals surface area contributed by atoms with Gasteiger partial charge >= 0.3 is 0 Å². The van der Waals surface area contributed by atoms with Crippen LogP contribution in [0.15, 0.2) is 36.5 Å². The SMILES string of the molecule is CC1(C)CCCC(NCc2ccnc3ccccc23)C1. The van der Waals surface area contributed by atoms with Gasteiger partial charge in [-0.1, -0.05) is 38.5 Å². The van der Waals surface area contributed by atoms with Crippen LogP contribution in [-0.4, -0.2) is 11.0 Å². The quantitative estimate of drug-likeness (QED) is 0.898. The third-order valence-electron chi connectivity index (χ3n) is 4.53. The largest absolute Gasteiger partial charge is 0.310 e. The number of para-hydroxylation sites is 1. The highest BCUT2D eigenvalue weighted by Crippen LogP contribution is 2.35. The Balaban J connectivity index is 1.71. The lowest BCUT2D eigenvalue weighted by atomic mass is 9.75. The van der Waals surface area contributed by atoms with E-state index in [-0.39, 0.29) is 0 Å². The molecule has 1 unspecified atom stereocenters. The average molecular weight is 268 g/mol. The maximum atomic E-state index is 4.43. The predicted octanol–water partition coefficient (Wildman–Crippen LogP) is 4.29. The van der Waals surface area contributed by atoms with Crippen molar-refractivity contribution in [1.29, 1.82) is 0 Å². The Labute approximate surface area is 121 Å². The van der Waals surface area contributed by atoms with Crippen molar-refractivity contribution < 1.29 is 0 Å².